The predicted octanol–water partition coefficient (Wildman–Crippen LogP) is 2.36. The zero-order valence-corrected chi connectivity index (χ0v) is 11.1. The number of anilines is 1. The topological polar surface area (TPSA) is 48.3 Å². The quantitative estimate of drug-likeness (QED) is 0.919. The van der Waals surface area contributed by atoms with Crippen molar-refractivity contribution in [1.29, 1.82) is 0 Å². The molecule has 0 fully saturated rings. The molecule has 0 saturated carbocycles. The first-order chi connectivity index (χ1) is 9.24. The van der Waals surface area contributed by atoms with Crippen LogP contribution in [0, 0.1) is 0 Å². The summed E-state index contributed by atoms with van der Waals surface area (Å²) in [5, 5.41) is 7.62. The monoisotopic (exact) mass is 259 g/mol. The summed E-state index contributed by atoms with van der Waals surface area (Å²) < 4.78 is 13.0. The number of rotatable bonds is 3. The molecule has 2 aromatic rings. The number of hydrogen-bond acceptors (Lipinski definition) is 4. The van der Waals surface area contributed by atoms with Gasteiger partial charge in [0.05, 0.1) is 11.7 Å². The van der Waals surface area contributed by atoms with Crippen molar-refractivity contribution in [2.45, 2.75) is 13.0 Å². The van der Waals surface area contributed by atoms with Crippen LogP contribution in [0.15, 0.2) is 30.5 Å². The Morgan fingerprint density at radius 2 is 2.00 bits per heavy atom. The molecule has 1 aliphatic rings. The predicted molar refractivity (Wildman–Crippen MR) is 72.7 cm³/mol. The van der Waals surface area contributed by atoms with Gasteiger partial charge < -0.3 is 14.8 Å². The molecule has 1 aromatic carbocycles. The minimum absolute atomic E-state index is 0.176. The molecule has 1 unspecified atom stereocenters. The van der Waals surface area contributed by atoms with E-state index in [4.69, 9.17) is 9.47 Å². The van der Waals surface area contributed by atoms with Crippen molar-refractivity contribution < 1.29 is 9.47 Å². The molecule has 0 saturated heterocycles. The Labute approximate surface area is 112 Å². The molecule has 3 rings (SSSR count). The van der Waals surface area contributed by atoms with Crippen LogP contribution in [-0.4, -0.2) is 23.0 Å². The number of nitrogens with zero attached hydrogens (tertiary/aromatic N) is 2. The SMILES string of the molecule is CC(Nc1ccc2c(c1)OCCO2)c1ccnn1C. The molecule has 5 heteroatoms. The van der Waals surface area contributed by atoms with E-state index in [1.807, 2.05) is 36.0 Å². The van der Waals surface area contributed by atoms with E-state index in [2.05, 4.69) is 17.3 Å². The van der Waals surface area contributed by atoms with Gasteiger partial charge in [-0.2, -0.15) is 5.10 Å². The fourth-order valence-corrected chi connectivity index (χ4v) is 2.27. The zero-order valence-electron chi connectivity index (χ0n) is 11.1. The van der Waals surface area contributed by atoms with Crippen molar-refractivity contribution in [3.8, 4) is 11.5 Å². The first-order valence-electron chi connectivity index (χ1n) is 6.38. The van der Waals surface area contributed by atoms with Gasteiger partial charge in [-0.05, 0) is 25.1 Å². The molecular weight excluding hydrogens is 242 g/mol. The Hall–Kier alpha value is -2.17. The lowest BCUT2D eigenvalue weighted by molar-refractivity contribution is 0.171. The highest BCUT2D eigenvalue weighted by Gasteiger charge is 2.14. The Morgan fingerprint density at radius 3 is 2.74 bits per heavy atom. The van der Waals surface area contributed by atoms with Crippen LogP contribution in [0.5, 0.6) is 11.5 Å². The Bertz CT molecular complexity index is 580. The molecule has 2 heterocycles. The van der Waals surface area contributed by atoms with Gasteiger partial charge in [0.1, 0.15) is 13.2 Å². The third-order valence-corrected chi connectivity index (χ3v) is 3.23. The van der Waals surface area contributed by atoms with Gasteiger partial charge >= 0.3 is 0 Å². The molecule has 1 aromatic heterocycles. The fraction of sp³-hybridized carbons (Fsp3) is 0.357. The van der Waals surface area contributed by atoms with Crippen LogP contribution in [0.25, 0.3) is 0 Å². The van der Waals surface area contributed by atoms with Gasteiger partial charge in [-0.1, -0.05) is 0 Å². The standard InChI is InChI=1S/C14H17N3O2/c1-10(12-5-6-15-17(12)2)16-11-3-4-13-14(9-11)19-8-7-18-13/h3-6,9-10,16H,7-8H2,1-2H3. The van der Waals surface area contributed by atoms with Gasteiger partial charge in [-0.25, -0.2) is 0 Å². The summed E-state index contributed by atoms with van der Waals surface area (Å²) in [7, 11) is 1.94. The van der Waals surface area contributed by atoms with E-state index in [-0.39, 0.29) is 6.04 Å². The molecule has 5 nitrogen and oxygen atoms in total. The molecule has 19 heavy (non-hydrogen) atoms. The van der Waals surface area contributed by atoms with Gasteiger partial charge in [0.15, 0.2) is 11.5 Å². The van der Waals surface area contributed by atoms with E-state index >= 15 is 0 Å². The molecule has 0 spiro atoms. The van der Waals surface area contributed by atoms with Crippen LogP contribution >= 0.6 is 0 Å². The van der Waals surface area contributed by atoms with Crippen LogP contribution in [0.1, 0.15) is 18.7 Å². The maximum absolute atomic E-state index is 5.58. The van der Waals surface area contributed by atoms with Crippen LogP contribution in [0.3, 0.4) is 0 Å². The van der Waals surface area contributed by atoms with E-state index in [1.54, 1.807) is 6.20 Å². The number of aryl methyl sites for hydroxylation is 1. The minimum atomic E-state index is 0.176. The number of ether oxygens (including phenoxy) is 2. The summed E-state index contributed by atoms with van der Waals surface area (Å²) in [6, 6.07) is 8.10. The summed E-state index contributed by atoms with van der Waals surface area (Å²) in [5.41, 5.74) is 2.15. The van der Waals surface area contributed by atoms with Crippen LogP contribution in [0.4, 0.5) is 5.69 Å². The van der Waals surface area contributed by atoms with Crippen molar-refractivity contribution in [3.05, 3.63) is 36.2 Å². The second-order valence-electron chi connectivity index (χ2n) is 4.60. The maximum Gasteiger partial charge on any atom is 0.163 e. The molecule has 0 amide bonds. The van der Waals surface area contributed by atoms with Crippen LogP contribution < -0.4 is 14.8 Å². The van der Waals surface area contributed by atoms with Crippen molar-refractivity contribution in [1.82, 2.24) is 9.78 Å². The lowest BCUT2D eigenvalue weighted by Crippen LogP contribution is -2.16. The van der Waals surface area contributed by atoms with E-state index in [0.29, 0.717) is 13.2 Å². The van der Waals surface area contributed by atoms with E-state index in [1.165, 1.54) is 0 Å². The average molecular weight is 259 g/mol. The number of nitrogens with one attached hydrogen (secondary N) is 1. The van der Waals surface area contributed by atoms with E-state index in [0.717, 1.165) is 22.9 Å². The van der Waals surface area contributed by atoms with Gasteiger partial charge in [0.2, 0.25) is 0 Å². The molecule has 0 radical (unpaired) electrons. The van der Waals surface area contributed by atoms with E-state index in [9.17, 15) is 0 Å². The summed E-state index contributed by atoms with van der Waals surface area (Å²) in [6.45, 7) is 3.33. The zero-order chi connectivity index (χ0) is 13.2. The van der Waals surface area contributed by atoms with Crippen molar-refractivity contribution >= 4 is 5.69 Å². The van der Waals surface area contributed by atoms with E-state index < -0.39 is 0 Å². The number of aromatic nitrogens is 2. The highest BCUT2D eigenvalue weighted by molar-refractivity contribution is 5.55. The number of fused-ring (bicyclic) bond motifs is 1. The minimum Gasteiger partial charge on any atom is -0.486 e. The lowest BCUT2D eigenvalue weighted by Gasteiger charge is -2.21. The number of hydrogen-bond donors (Lipinski definition) is 1. The molecule has 1 N–H and O–H groups in total. The fourth-order valence-electron chi connectivity index (χ4n) is 2.27. The summed E-state index contributed by atoms with van der Waals surface area (Å²) in [5.74, 6) is 1.61. The number of benzene rings is 1. The summed E-state index contributed by atoms with van der Waals surface area (Å²) >= 11 is 0. The molecule has 1 aliphatic heterocycles. The van der Waals surface area contributed by atoms with Crippen LogP contribution in [-0.2, 0) is 7.05 Å². The van der Waals surface area contributed by atoms with Crippen LogP contribution in [0.2, 0.25) is 0 Å². The molecule has 1 atom stereocenters. The van der Waals surface area contributed by atoms with Crippen molar-refractivity contribution in [3.63, 3.8) is 0 Å². The van der Waals surface area contributed by atoms with Gasteiger partial charge in [-0.15, -0.1) is 0 Å². The second-order valence-corrected chi connectivity index (χ2v) is 4.60. The normalized spacial score (nSPS) is 15.1. The summed E-state index contributed by atoms with van der Waals surface area (Å²) in [6.07, 6.45) is 1.80. The van der Waals surface area contributed by atoms with Crippen molar-refractivity contribution in [2.24, 2.45) is 7.05 Å². The highest BCUT2D eigenvalue weighted by atomic mass is 16.6. The van der Waals surface area contributed by atoms with Gasteiger partial charge in [0.25, 0.3) is 0 Å². The molecule has 0 aliphatic carbocycles. The maximum atomic E-state index is 5.58. The van der Waals surface area contributed by atoms with Gasteiger partial charge in [-0.3, -0.25) is 4.68 Å². The third-order valence-electron chi connectivity index (χ3n) is 3.23. The van der Waals surface area contributed by atoms with Gasteiger partial charge in [0, 0.05) is 25.0 Å². The lowest BCUT2D eigenvalue weighted by atomic mass is 10.2. The largest absolute Gasteiger partial charge is 0.486 e. The molecule has 0 bridgehead atoms. The highest BCUT2D eigenvalue weighted by Crippen LogP contribution is 2.33. The average Bonchev–Trinajstić information content (AvgIpc) is 2.85. The Morgan fingerprint density at radius 1 is 1.21 bits per heavy atom. The molecule has 100 valence electrons. The van der Waals surface area contributed by atoms with Crippen molar-refractivity contribution in [2.75, 3.05) is 18.5 Å². The Balaban J connectivity index is 1.78. The smallest absolute Gasteiger partial charge is 0.163 e. The first kappa shape index (κ1) is 11.9. The first-order valence-corrected chi connectivity index (χ1v) is 6.38. The summed E-state index contributed by atoms with van der Waals surface area (Å²) in [4.78, 5) is 0. The third kappa shape index (κ3) is 2.36. The Kier molecular flexibility index (Phi) is 3.03. The second kappa shape index (κ2) is 4.84. The molecular formula is C14H17N3O2.